The summed E-state index contributed by atoms with van der Waals surface area (Å²) in [6.45, 7) is 1.96. The lowest BCUT2D eigenvalue weighted by atomic mass is 10.1. The van der Waals surface area contributed by atoms with Crippen molar-refractivity contribution in [3.8, 4) is 5.75 Å². The van der Waals surface area contributed by atoms with E-state index in [9.17, 15) is 9.59 Å². The number of nitrogens with zero attached hydrogens (tertiary/aromatic N) is 2. The second-order valence-corrected chi connectivity index (χ2v) is 8.05. The van der Waals surface area contributed by atoms with E-state index in [0.29, 0.717) is 44.0 Å². The van der Waals surface area contributed by atoms with Gasteiger partial charge in [-0.15, -0.1) is 0 Å². The van der Waals surface area contributed by atoms with E-state index in [1.165, 1.54) is 12.1 Å². The van der Waals surface area contributed by atoms with Crippen molar-refractivity contribution >= 4 is 52.1 Å². The monoisotopic (exact) mass is 467 g/mol. The lowest BCUT2D eigenvalue weighted by Crippen LogP contribution is -2.20. The Hall–Kier alpha value is -3.35. The topological polar surface area (TPSA) is 71.0 Å². The zero-order chi connectivity index (χ0) is 22.8. The molecule has 4 rings (SSSR count). The molecule has 3 aromatic rings. The second kappa shape index (κ2) is 9.02. The Balaban J connectivity index is 1.61. The Morgan fingerprint density at radius 1 is 1.06 bits per heavy atom. The number of para-hydroxylation sites is 1. The lowest BCUT2D eigenvalue weighted by molar-refractivity contribution is -0.116. The molecule has 3 aromatic carbocycles. The molecule has 6 nitrogen and oxygen atoms in total. The van der Waals surface area contributed by atoms with Crippen molar-refractivity contribution in [1.29, 1.82) is 0 Å². The van der Waals surface area contributed by atoms with Crippen LogP contribution in [0.4, 0.5) is 11.4 Å². The van der Waals surface area contributed by atoms with Crippen molar-refractivity contribution in [2.75, 3.05) is 17.4 Å². The number of halogens is 2. The minimum absolute atomic E-state index is 0.0831. The first kappa shape index (κ1) is 21.9. The standard InChI is InChI=1S/C24H19Cl2N3O3/c1-14-6-8-15(9-7-14)24(31)27-19-11-10-16(12-21(19)32-2)20-13-22(30)29(28-20)23-17(25)4-3-5-18(23)26/h3-12H,13H2,1-2H3,(H,27,31). The fourth-order valence-electron chi connectivity index (χ4n) is 3.33. The molecule has 0 spiro atoms. The number of benzene rings is 3. The molecule has 1 aliphatic rings. The molecule has 0 aromatic heterocycles. The van der Waals surface area contributed by atoms with Crippen LogP contribution in [0.1, 0.15) is 27.9 Å². The maximum absolute atomic E-state index is 12.6. The van der Waals surface area contributed by atoms with E-state index in [-0.39, 0.29) is 18.2 Å². The Morgan fingerprint density at radius 2 is 1.75 bits per heavy atom. The summed E-state index contributed by atoms with van der Waals surface area (Å²) < 4.78 is 5.47. The van der Waals surface area contributed by atoms with Gasteiger partial charge in [0.1, 0.15) is 11.4 Å². The van der Waals surface area contributed by atoms with Gasteiger partial charge in [0.05, 0.1) is 35.0 Å². The highest BCUT2D eigenvalue weighted by Crippen LogP contribution is 2.37. The molecule has 0 atom stereocenters. The van der Waals surface area contributed by atoms with Gasteiger partial charge in [0.15, 0.2) is 0 Å². The van der Waals surface area contributed by atoms with Gasteiger partial charge < -0.3 is 10.1 Å². The molecular weight excluding hydrogens is 449 g/mol. The first-order valence-electron chi connectivity index (χ1n) is 9.78. The van der Waals surface area contributed by atoms with Crippen LogP contribution in [0.5, 0.6) is 5.75 Å². The number of ether oxygens (including phenoxy) is 1. The van der Waals surface area contributed by atoms with E-state index >= 15 is 0 Å². The van der Waals surface area contributed by atoms with Crippen LogP contribution in [-0.2, 0) is 4.79 Å². The summed E-state index contributed by atoms with van der Waals surface area (Å²) in [5, 5.41) is 9.19. The number of methoxy groups -OCH3 is 1. The van der Waals surface area contributed by atoms with Crippen LogP contribution in [0.15, 0.2) is 65.8 Å². The second-order valence-electron chi connectivity index (χ2n) is 7.23. The highest BCUT2D eigenvalue weighted by Gasteiger charge is 2.29. The number of nitrogens with one attached hydrogen (secondary N) is 1. The fraction of sp³-hybridized carbons (Fsp3) is 0.125. The van der Waals surface area contributed by atoms with Crippen molar-refractivity contribution in [2.24, 2.45) is 5.10 Å². The summed E-state index contributed by atoms with van der Waals surface area (Å²) in [7, 11) is 1.51. The van der Waals surface area contributed by atoms with Gasteiger partial charge in [-0.1, -0.05) is 53.0 Å². The largest absolute Gasteiger partial charge is 0.495 e. The molecule has 1 N–H and O–H groups in total. The zero-order valence-electron chi connectivity index (χ0n) is 17.4. The molecule has 0 fully saturated rings. The lowest BCUT2D eigenvalue weighted by Gasteiger charge is -2.14. The summed E-state index contributed by atoms with van der Waals surface area (Å²) in [5.74, 6) is -0.0398. The third-order valence-electron chi connectivity index (χ3n) is 5.02. The molecule has 0 saturated heterocycles. The summed E-state index contributed by atoms with van der Waals surface area (Å²) in [6, 6.07) is 17.5. The fourth-order valence-corrected chi connectivity index (χ4v) is 3.89. The predicted molar refractivity (Wildman–Crippen MR) is 127 cm³/mol. The van der Waals surface area contributed by atoms with E-state index in [1.54, 1.807) is 48.5 Å². The Kier molecular flexibility index (Phi) is 6.17. The van der Waals surface area contributed by atoms with Gasteiger partial charge in [0.2, 0.25) is 0 Å². The molecule has 0 radical (unpaired) electrons. The molecule has 8 heteroatoms. The van der Waals surface area contributed by atoms with Crippen molar-refractivity contribution < 1.29 is 14.3 Å². The number of amides is 2. The predicted octanol–water partition coefficient (Wildman–Crippen LogP) is 5.70. The third-order valence-corrected chi connectivity index (χ3v) is 5.63. The number of rotatable bonds is 5. The van der Waals surface area contributed by atoms with Crippen molar-refractivity contribution in [1.82, 2.24) is 0 Å². The van der Waals surface area contributed by atoms with Crippen LogP contribution in [0, 0.1) is 6.92 Å². The number of carbonyl (C=O) groups excluding carboxylic acids is 2. The summed E-state index contributed by atoms with van der Waals surface area (Å²) >= 11 is 12.5. The minimum atomic E-state index is -0.246. The highest BCUT2D eigenvalue weighted by molar-refractivity contribution is 6.40. The highest BCUT2D eigenvalue weighted by atomic mass is 35.5. The Labute approximate surface area is 195 Å². The number of hydrogen-bond acceptors (Lipinski definition) is 4. The van der Waals surface area contributed by atoms with E-state index in [4.69, 9.17) is 27.9 Å². The number of hydrazone groups is 1. The smallest absolute Gasteiger partial charge is 0.255 e. The van der Waals surface area contributed by atoms with Crippen LogP contribution in [0.25, 0.3) is 0 Å². The molecule has 1 aliphatic heterocycles. The SMILES string of the molecule is COc1cc(C2=NN(c3c(Cl)cccc3Cl)C(=O)C2)ccc1NC(=O)c1ccc(C)cc1. The molecule has 32 heavy (non-hydrogen) atoms. The number of carbonyl (C=O) groups is 2. The molecule has 2 amide bonds. The van der Waals surface area contributed by atoms with Crippen LogP contribution in [0.3, 0.4) is 0 Å². The van der Waals surface area contributed by atoms with Gasteiger partial charge in [-0.2, -0.15) is 10.1 Å². The van der Waals surface area contributed by atoms with Gasteiger partial charge >= 0.3 is 0 Å². The van der Waals surface area contributed by atoms with Crippen molar-refractivity contribution in [3.05, 3.63) is 87.4 Å². The molecule has 0 bridgehead atoms. The van der Waals surface area contributed by atoms with Gasteiger partial charge in [0, 0.05) is 11.1 Å². The molecule has 162 valence electrons. The van der Waals surface area contributed by atoms with Crippen LogP contribution >= 0.6 is 23.2 Å². The van der Waals surface area contributed by atoms with Gasteiger partial charge in [-0.05, 0) is 43.3 Å². The first-order valence-corrected chi connectivity index (χ1v) is 10.5. The molecule has 1 heterocycles. The minimum Gasteiger partial charge on any atom is -0.495 e. The average molecular weight is 468 g/mol. The van der Waals surface area contributed by atoms with Gasteiger partial charge in [0.25, 0.3) is 11.8 Å². The van der Waals surface area contributed by atoms with E-state index in [0.717, 1.165) is 5.56 Å². The Bertz CT molecular complexity index is 1220. The maximum Gasteiger partial charge on any atom is 0.255 e. The van der Waals surface area contributed by atoms with E-state index in [1.807, 2.05) is 19.1 Å². The van der Waals surface area contributed by atoms with Gasteiger partial charge in [-0.25, -0.2) is 0 Å². The number of hydrogen-bond donors (Lipinski definition) is 1. The summed E-state index contributed by atoms with van der Waals surface area (Å²) in [4.78, 5) is 25.2. The normalized spacial score (nSPS) is 13.2. The molecule has 0 unspecified atom stereocenters. The summed E-state index contributed by atoms with van der Waals surface area (Å²) in [5.41, 5.74) is 3.71. The third kappa shape index (κ3) is 4.33. The van der Waals surface area contributed by atoms with Crippen LogP contribution in [-0.4, -0.2) is 24.6 Å². The number of aryl methyl sites for hydroxylation is 1. The number of anilines is 2. The average Bonchev–Trinajstić information content (AvgIpc) is 3.15. The Morgan fingerprint density at radius 3 is 2.41 bits per heavy atom. The van der Waals surface area contributed by atoms with E-state index in [2.05, 4.69) is 10.4 Å². The summed E-state index contributed by atoms with van der Waals surface area (Å²) in [6.07, 6.45) is 0.0831. The van der Waals surface area contributed by atoms with Crippen LogP contribution < -0.4 is 15.1 Å². The molecular formula is C24H19Cl2N3O3. The quantitative estimate of drug-likeness (QED) is 0.522. The van der Waals surface area contributed by atoms with Crippen molar-refractivity contribution in [2.45, 2.75) is 13.3 Å². The molecule has 0 saturated carbocycles. The maximum atomic E-state index is 12.6. The molecule has 0 aliphatic carbocycles. The van der Waals surface area contributed by atoms with E-state index < -0.39 is 0 Å². The first-order chi connectivity index (χ1) is 15.4. The van der Waals surface area contributed by atoms with Gasteiger partial charge in [-0.3, -0.25) is 9.59 Å². The van der Waals surface area contributed by atoms with Crippen LogP contribution in [0.2, 0.25) is 10.0 Å². The van der Waals surface area contributed by atoms with Crippen molar-refractivity contribution in [3.63, 3.8) is 0 Å². The zero-order valence-corrected chi connectivity index (χ0v) is 18.9.